The molecular formula is C34H33FN4O6. The number of aromatic nitrogens is 1. The molecule has 5 rings (SSSR count). The average molecular weight is 613 g/mol. The number of fused-ring (bicyclic) bond motifs is 1. The van der Waals surface area contributed by atoms with Crippen molar-refractivity contribution >= 4 is 39.8 Å². The summed E-state index contributed by atoms with van der Waals surface area (Å²) in [6.07, 6.45) is 1.92. The van der Waals surface area contributed by atoms with Gasteiger partial charge in [0.2, 0.25) is 5.78 Å². The van der Waals surface area contributed by atoms with Crippen molar-refractivity contribution in [3.63, 3.8) is 0 Å². The Hall–Kier alpha value is -5.45. The number of ether oxygens (including phenoxy) is 3. The number of pyridine rings is 1. The third kappa shape index (κ3) is 6.42. The van der Waals surface area contributed by atoms with Crippen LogP contribution in [0.5, 0.6) is 23.0 Å². The molecule has 45 heavy (non-hydrogen) atoms. The predicted molar refractivity (Wildman–Crippen MR) is 168 cm³/mol. The van der Waals surface area contributed by atoms with Crippen LogP contribution in [-0.2, 0) is 14.4 Å². The topological polar surface area (TPSA) is 119 Å². The Balaban J connectivity index is 1.40. The number of hydrogen-bond donors (Lipinski definition) is 2. The van der Waals surface area contributed by atoms with Crippen LogP contribution in [0.3, 0.4) is 0 Å². The maximum absolute atomic E-state index is 15.4. The van der Waals surface area contributed by atoms with Crippen molar-refractivity contribution in [2.24, 2.45) is 5.92 Å². The van der Waals surface area contributed by atoms with E-state index in [1.165, 1.54) is 32.5 Å². The maximum atomic E-state index is 15.4. The van der Waals surface area contributed by atoms with Crippen molar-refractivity contribution in [1.82, 2.24) is 10.4 Å². The normalized spacial score (nSPS) is 13.3. The summed E-state index contributed by atoms with van der Waals surface area (Å²) in [5.41, 5.74) is 5.32. The van der Waals surface area contributed by atoms with Crippen molar-refractivity contribution < 1.29 is 33.0 Å². The number of anilines is 2. The number of carbonyl (C=O) groups excluding carboxylic acids is 3. The van der Waals surface area contributed by atoms with Gasteiger partial charge < -0.3 is 25.0 Å². The third-order valence-corrected chi connectivity index (χ3v) is 7.52. The average Bonchev–Trinajstić information content (AvgIpc) is 3.51. The van der Waals surface area contributed by atoms with Gasteiger partial charge in [-0.15, -0.1) is 0 Å². The molecule has 1 atom stereocenters. The predicted octanol–water partition coefficient (Wildman–Crippen LogP) is 5.98. The molecule has 0 fully saturated rings. The maximum Gasteiger partial charge on any atom is 0.255 e. The smallest absolute Gasteiger partial charge is 0.255 e. The number of amides is 1. The van der Waals surface area contributed by atoms with Crippen molar-refractivity contribution in [3.05, 3.63) is 90.0 Å². The number of nitrogens with one attached hydrogen (secondary N) is 2. The van der Waals surface area contributed by atoms with Crippen LogP contribution in [0.25, 0.3) is 10.9 Å². The first-order chi connectivity index (χ1) is 21.8. The first-order valence-corrected chi connectivity index (χ1v) is 14.5. The molecule has 0 saturated carbocycles. The molecule has 1 unspecified atom stereocenters. The number of nitrogens with zero attached hydrogens (tertiary/aromatic N) is 2. The molecule has 1 aliphatic heterocycles. The molecule has 0 spiro atoms. The van der Waals surface area contributed by atoms with Crippen LogP contribution in [0.2, 0.25) is 0 Å². The summed E-state index contributed by atoms with van der Waals surface area (Å²) in [7, 11) is 3.03. The van der Waals surface area contributed by atoms with E-state index >= 15 is 4.39 Å². The van der Waals surface area contributed by atoms with Gasteiger partial charge in [-0.1, -0.05) is 32.0 Å². The number of para-hydroxylation sites is 1. The van der Waals surface area contributed by atoms with Crippen LogP contribution in [0, 0.1) is 11.7 Å². The van der Waals surface area contributed by atoms with Gasteiger partial charge in [-0.25, -0.2) is 4.39 Å². The molecule has 11 heteroatoms. The van der Waals surface area contributed by atoms with E-state index in [2.05, 4.69) is 15.7 Å². The van der Waals surface area contributed by atoms with Gasteiger partial charge in [-0.3, -0.25) is 24.4 Å². The highest BCUT2D eigenvalue weighted by atomic mass is 19.1. The lowest BCUT2D eigenvalue weighted by Gasteiger charge is -2.22. The highest BCUT2D eigenvalue weighted by Gasteiger charge is 2.36. The Morgan fingerprint density at radius 3 is 2.36 bits per heavy atom. The molecule has 0 saturated heterocycles. The standard InChI is InChI=1S/C34H33FN4O6/c1-5-22(33(41)27(40)6-2)32-24(19-39(38-32)21-10-8-7-9-11-21)34(42)37-20-12-13-29(25(35)16-20)45-28-14-15-36-26-18-31(44-4)30(43-3)17-23(26)28/h7-18,22,38H,5-6,19H2,1-4H3,(H,37,42). The fourth-order valence-electron chi connectivity index (χ4n) is 5.15. The molecular weight excluding hydrogens is 579 g/mol. The van der Waals surface area contributed by atoms with Gasteiger partial charge in [-0.2, -0.15) is 0 Å². The van der Waals surface area contributed by atoms with E-state index < -0.39 is 29.2 Å². The second kappa shape index (κ2) is 13.5. The van der Waals surface area contributed by atoms with Gasteiger partial charge in [0, 0.05) is 35.8 Å². The highest BCUT2D eigenvalue weighted by molar-refractivity contribution is 6.38. The van der Waals surface area contributed by atoms with Crippen molar-refractivity contribution in [2.45, 2.75) is 26.7 Å². The number of rotatable bonds is 12. The summed E-state index contributed by atoms with van der Waals surface area (Å²) in [5, 5.41) is 5.06. The minimum atomic E-state index is -0.826. The van der Waals surface area contributed by atoms with Crippen LogP contribution in [0.15, 0.2) is 84.2 Å². The van der Waals surface area contributed by atoms with E-state index in [-0.39, 0.29) is 30.0 Å². The van der Waals surface area contributed by atoms with Gasteiger partial charge in [0.05, 0.1) is 49.2 Å². The van der Waals surface area contributed by atoms with E-state index in [1.807, 2.05) is 30.3 Å². The minimum Gasteiger partial charge on any atom is -0.493 e. The van der Waals surface area contributed by atoms with Crippen LogP contribution < -0.4 is 30.0 Å². The lowest BCUT2D eigenvalue weighted by molar-refractivity contribution is -0.138. The Bertz CT molecular complexity index is 1790. The van der Waals surface area contributed by atoms with E-state index in [9.17, 15) is 14.4 Å². The SMILES string of the molecule is CCC(=O)C(=O)C(CC)C1=C(C(=O)Nc2ccc(Oc3ccnc4cc(OC)c(OC)cc34)c(F)c2)CN(c2ccccc2)N1. The van der Waals surface area contributed by atoms with Gasteiger partial charge in [0.1, 0.15) is 5.75 Å². The lowest BCUT2D eigenvalue weighted by atomic mass is 9.91. The molecule has 0 radical (unpaired) electrons. The first-order valence-electron chi connectivity index (χ1n) is 14.5. The number of benzene rings is 3. The number of carbonyl (C=O) groups is 3. The van der Waals surface area contributed by atoms with Gasteiger partial charge in [0.25, 0.3) is 5.91 Å². The Morgan fingerprint density at radius 1 is 0.956 bits per heavy atom. The van der Waals surface area contributed by atoms with Crippen molar-refractivity contribution in [2.75, 3.05) is 31.1 Å². The first kappa shape index (κ1) is 31.0. The second-order valence-corrected chi connectivity index (χ2v) is 10.3. The molecule has 1 aromatic heterocycles. The molecule has 1 aliphatic rings. The van der Waals surface area contributed by atoms with Gasteiger partial charge in [0.15, 0.2) is 28.8 Å². The van der Waals surface area contributed by atoms with E-state index in [1.54, 1.807) is 37.1 Å². The number of methoxy groups -OCH3 is 2. The van der Waals surface area contributed by atoms with Crippen LogP contribution in [0.1, 0.15) is 26.7 Å². The van der Waals surface area contributed by atoms with Crippen LogP contribution in [0.4, 0.5) is 15.8 Å². The van der Waals surface area contributed by atoms with E-state index in [0.29, 0.717) is 40.3 Å². The minimum absolute atomic E-state index is 0.0667. The van der Waals surface area contributed by atoms with Crippen molar-refractivity contribution in [1.29, 1.82) is 0 Å². The zero-order valence-corrected chi connectivity index (χ0v) is 25.3. The molecule has 1 amide bonds. The Kier molecular flexibility index (Phi) is 9.27. The fraction of sp³-hybridized carbons (Fsp3) is 0.235. The molecule has 232 valence electrons. The third-order valence-electron chi connectivity index (χ3n) is 7.52. The van der Waals surface area contributed by atoms with Crippen LogP contribution in [-0.4, -0.2) is 43.2 Å². The zero-order chi connectivity index (χ0) is 32.1. The Morgan fingerprint density at radius 2 is 1.69 bits per heavy atom. The molecule has 4 aromatic rings. The fourth-order valence-corrected chi connectivity index (χ4v) is 5.15. The molecule has 0 aliphatic carbocycles. The number of hydrogen-bond acceptors (Lipinski definition) is 9. The molecule has 2 heterocycles. The summed E-state index contributed by atoms with van der Waals surface area (Å²) < 4.78 is 32.0. The molecule has 10 nitrogen and oxygen atoms in total. The molecule has 3 aromatic carbocycles. The number of ketones is 2. The monoisotopic (exact) mass is 612 g/mol. The van der Waals surface area contributed by atoms with Gasteiger partial charge >= 0.3 is 0 Å². The summed E-state index contributed by atoms with van der Waals surface area (Å²) in [5.74, 6) is -1.89. The number of allylic oxidation sites excluding steroid dienone is 1. The number of Topliss-reactive ketones (excluding diaryl/α,β-unsaturated/α-hetero) is 2. The quantitative estimate of drug-likeness (QED) is 0.186. The van der Waals surface area contributed by atoms with Crippen LogP contribution >= 0.6 is 0 Å². The number of hydrazine groups is 1. The Labute approximate surface area is 259 Å². The zero-order valence-electron chi connectivity index (χ0n) is 25.3. The molecule has 2 N–H and O–H groups in total. The summed E-state index contributed by atoms with van der Waals surface area (Å²) in [4.78, 5) is 43.3. The lowest BCUT2D eigenvalue weighted by Crippen LogP contribution is -2.36. The summed E-state index contributed by atoms with van der Waals surface area (Å²) >= 11 is 0. The second-order valence-electron chi connectivity index (χ2n) is 10.3. The largest absolute Gasteiger partial charge is 0.493 e. The summed E-state index contributed by atoms with van der Waals surface area (Å²) in [6.45, 7) is 3.54. The van der Waals surface area contributed by atoms with E-state index in [0.717, 1.165) is 11.8 Å². The van der Waals surface area contributed by atoms with Crippen molar-refractivity contribution in [3.8, 4) is 23.0 Å². The van der Waals surface area contributed by atoms with E-state index in [4.69, 9.17) is 14.2 Å². The highest BCUT2D eigenvalue weighted by Crippen LogP contribution is 2.38. The molecule has 0 bridgehead atoms. The van der Waals surface area contributed by atoms with Gasteiger partial charge in [-0.05, 0) is 42.8 Å². The number of halogens is 1. The summed E-state index contributed by atoms with van der Waals surface area (Å²) in [6, 6.07) is 18.4.